The summed E-state index contributed by atoms with van der Waals surface area (Å²) in [6.45, 7) is 8.39. The molecule has 8 nitrogen and oxygen atoms in total. The molecule has 1 aliphatic rings. The zero-order chi connectivity index (χ0) is 21.0. The lowest BCUT2D eigenvalue weighted by atomic mass is 10.1. The number of nitrogens with zero attached hydrogens (tertiary/aromatic N) is 4. The van der Waals surface area contributed by atoms with Crippen LogP contribution in [0.4, 0.5) is 11.4 Å². The Labute approximate surface area is 170 Å². The second kappa shape index (κ2) is 9.19. The van der Waals surface area contributed by atoms with Crippen molar-refractivity contribution in [3.63, 3.8) is 0 Å². The fraction of sp³-hybridized carbons (Fsp3) is 0.476. The summed E-state index contributed by atoms with van der Waals surface area (Å²) < 4.78 is 7.27. The number of Topliss-reactive ketones (excluding diaryl/α,β-unsaturated/α-hetero) is 1. The molecule has 0 amide bonds. The van der Waals surface area contributed by atoms with Crippen LogP contribution in [0.1, 0.15) is 21.7 Å². The predicted molar refractivity (Wildman–Crippen MR) is 112 cm³/mol. The van der Waals surface area contributed by atoms with E-state index in [0.717, 1.165) is 23.5 Å². The van der Waals surface area contributed by atoms with Crippen molar-refractivity contribution >= 4 is 17.2 Å². The standard InChI is InChI=1S/C21H28N4O4/c1-16-14-18(17(2)24(16)12-13-29-3)21(26)15-22-8-10-23(11-9-22)19-6-4-5-7-20(19)25(27)28/h4-7,14H,8-13,15H2,1-3H3. The molecule has 0 radical (unpaired) electrons. The normalized spacial score (nSPS) is 14.9. The molecular weight excluding hydrogens is 372 g/mol. The molecule has 2 heterocycles. The van der Waals surface area contributed by atoms with E-state index in [1.165, 1.54) is 6.07 Å². The van der Waals surface area contributed by atoms with Gasteiger partial charge in [-0.25, -0.2) is 0 Å². The maximum absolute atomic E-state index is 12.9. The molecule has 0 saturated carbocycles. The highest BCUT2D eigenvalue weighted by Crippen LogP contribution is 2.28. The summed E-state index contributed by atoms with van der Waals surface area (Å²) in [6.07, 6.45) is 0. The molecule has 1 saturated heterocycles. The van der Waals surface area contributed by atoms with Gasteiger partial charge in [0.15, 0.2) is 5.78 Å². The Morgan fingerprint density at radius 1 is 1.17 bits per heavy atom. The van der Waals surface area contributed by atoms with Crippen molar-refractivity contribution in [1.29, 1.82) is 0 Å². The molecule has 29 heavy (non-hydrogen) atoms. The third kappa shape index (κ3) is 4.65. The number of carbonyl (C=O) groups is 1. The number of nitro groups is 1. The topological polar surface area (TPSA) is 80.8 Å². The molecule has 1 fully saturated rings. The molecular formula is C21H28N4O4. The summed E-state index contributed by atoms with van der Waals surface area (Å²) in [4.78, 5) is 28.0. The van der Waals surface area contributed by atoms with Crippen molar-refractivity contribution in [2.45, 2.75) is 20.4 Å². The van der Waals surface area contributed by atoms with Crippen LogP contribution in [-0.4, -0.2) is 66.6 Å². The smallest absolute Gasteiger partial charge is 0.292 e. The Morgan fingerprint density at radius 3 is 2.52 bits per heavy atom. The van der Waals surface area contributed by atoms with Gasteiger partial charge in [-0.05, 0) is 26.0 Å². The largest absolute Gasteiger partial charge is 0.383 e. The molecule has 8 heteroatoms. The van der Waals surface area contributed by atoms with Crippen molar-refractivity contribution in [3.05, 3.63) is 57.4 Å². The van der Waals surface area contributed by atoms with E-state index in [1.54, 1.807) is 19.2 Å². The maximum Gasteiger partial charge on any atom is 0.292 e. The molecule has 0 atom stereocenters. The number of hydrogen-bond donors (Lipinski definition) is 0. The first-order valence-electron chi connectivity index (χ1n) is 9.82. The highest BCUT2D eigenvalue weighted by atomic mass is 16.6. The third-order valence-corrected chi connectivity index (χ3v) is 5.55. The second-order valence-corrected chi connectivity index (χ2v) is 7.36. The van der Waals surface area contributed by atoms with E-state index in [0.29, 0.717) is 45.0 Å². The number of piperazine rings is 1. The maximum atomic E-state index is 12.9. The summed E-state index contributed by atoms with van der Waals surface area (Å²) in [5, 5.41) is 11.3. The van der Waals surface area contributed by atoms with Gasteiger partial charge >= 0.3 is 0 Å². The molecule has 0 unspecified atom stereocenters. The summed E-state index contributed by atoms with van der Waals surface area (Å²) in [7, 11) is 1.67. The minimum Gasteiger partial charge on any atom is -0.383 e. The van der Waals surface area contributed by atoms with Crippen molar-refractivity contribution in [2.75, 3.05) is 51.3 Å². The number of ether oxygens (including phenoxy) is 1. The Bertz CT molecular complexity index is 885. The number of aromatic nitrogens is 1. The Kier molecular flexibility index (Phi) is 6.66. The first-order valence-corrected chi connectivity index (χ1v) is 9.82. The molecule has 0 spiro atoms. The molecule has 1 aromatic heterocycles. The minimum atomic E-state index is -0.343. The van der Waals surface area contributed by atoms with Gasteiger partial charge in [-0.2, -0.15) is 0 Å². The summed E-state index contributed by atoms with van der Waals surface area (Å²) in [5.74, 6) is 0.112. The van der Waals surface area contributed by atoms with E-state index >= 15 is 0 Å². The van der Waals surface area contributed by atoms with Crippen LogP contribution in [0.15, 0.2) is 30.3 Å². The zero-order valence-electron chi connectivity index (χ0n) is 17.3. The van der Waals surface area contributed by atoms with Gasteiger partial charge in [0.25, 0.3) is 5.69 Å². The monoisotopic (exact) mass is 400 g/mol. The van der Waals surface area contributed by atoms with Gasteiger partial charge in [-0.15, -0.1) is 0 Å². The quantitative estimate of drug-likeness (QED) is 0.385. The first kappa shape index (κ1) is 21.0. The van der Waals surface area contributed by atoms with Crippen molar-refractivity contribution in [2.24, 2.45) is 0 Å². The number of carbonyl (C=O) groups excluding carboxylic acids is 1. The number of benzene rings is 1. The number of aryl methyl sites for hydroxylation is 1. The van der Waals surface area contributed by atoms with E-state index in [4.69, 9.17) is 4.74 Å². The number of methoxy groups -OCH3 is 1. The van der Waals surface area contributed by atoms with E-state index < -0.39 is 0 Å². The predicted octanol–water partition coefficient (Wildman–Crippen LogP) is 2.66. The Balaban J connectivity index is 1.62. The van der Waals surface area contributed by atoms with Gasteiger partial charge in [0.2, 0.25) is 0 Å². The van der Waals surface area contributed by atoms with E-state index in [2.05, 4.69) is 9.47 Å². The Morgan fingerprint density at radius 2 is 1.86 bits per heavy atom. The number of anilines is 1. The van der Waals surface area contributed by atoms with Crippen LogP contribution in [0, 0.1) is 24.0 Å². The number of hydrogen-bond acceptors (Lipinski definition) is 6. The summed E-state index contributed by atoms with van der Waals surface area (Å²) >= 11 is 0. The van der Waals surface area contributed by atoms with Crippen LogP contribution in [0.3, 0.4) is 0 Å². The van der Waals surface area contributed by atoms with Crippen molar-refractivity contribution in [1.82, 2.24) is 9.47 Å². The molecule has 0 aliphatic carbocycles. The SMILES string of the molecule is COCCn1c(C)cc(C(=O)CN2CCN(c3ccccc3[N+](=O)[O-])CC2)c1C. The molecule has 2 aromatic rings. The van der Waals surface area contributed by atoms with Crippen molar-refractivity contribution in [3.8, 4) is 0 Å². The first-order chi connectivity index (χ1) is 13.9. The molecule has 1 aliphatic heterocycles. The highest BCUT2D eigenvalue weighted by Gasteiger charge is 2.25. The Hall–Kier alpha value is -2.71. The zero-order valence-corrected chi connectivity index (χ0v) is 17.3. The fourth-order valence-electron chi connectivity index (χ4n) is 3.93. The van der Waals surface area contributed by atoms with Gasteiger partial charge in [-0.3, -0.25) is 19.8 Å². The lowest BCUT2D eigenvalue weighted by Crippen LogP contribution is -2.48. The van der Waals surface area contributed by atoms with Gasteiger partial charge in [0.1, 0.15) is 5.69 Å². The van der Waals surface area contributed by atoms with Gasteiger partial charge in [-0.1, -0.05) is 12.1 Å². The molecule has 3 rings (SSSR count). The summed E-state index contributed by atoms with van der Waals surface area (Å²) in [6, 6.07) is 8.77. The van der Waals surface area contributed by atoms with E-state index in [9.17, 15) is 14.9 Å². The summed E-state index contributed by atoms with van der Waals surface area (Å²) in [5.41, 5.74) is 3.57. The number of nitro benzene ring substituents is 1. The average Bonchev–Trinajstić information content (AvgIpc) is 3.00. The van der Waals surface area contributed by atoms with Gasteiger partial charge < -0.3 is 14.2 Å². The van der Waals surface area contributed by atoms with E-state index in [-0.39, 0.29) is 16.4 Å². The second-order valence-electron chi connectivity index (χ2n) is 7.36. The number of para-hydroxylation sites is 2. The number of rotatable bonds is 8. The lowest BCUT2D eigenvalue weighted by molar-refractivity contribution is -0.384. The lowest BCUT2D eigenvalue weighted by Gasteiger charge is -2.35. The minimum absolute atomic E-state index is 0.112. The third-order valence-electron chi connectivity index (χ3n) is 5.55. The van der Waals surface area contributed by atoms with Crippen LogP contribution in [0.5, 0.6) is 0 Å². The van der Waals surface area contributed by atoms with Crippen molar-refractivity contribution < 1.29 is 14.5 Å². The van der Waals surface area contributed by atoms with Crippen LogP contribution >= 0.6 is 0 Å². The van der Waals surface area contributed by atoms with Crippen LogP contribution in [-0.2, 0) is 11.3 Å². The fourth-order valence-corrected chi connectivity index (χ4v) is 3.93. The van der Waals surface area contributed by atoms with Gasteiger partial charge in [0.05, 0.1) is 18.1 Å². The average molecular weight is 400 g/mol. The van der Waals surface area contributed by atoms with Crippen LogP contribution in [0.25, 0.3) is 0 Å². The molecule has 1 aromatic carbocycles. The molecule has 0 bridgehead atoms. The molecule has 0 N–H and O–H groups in total. The molecule has 156 valence electrons. The van der Waals surface area contributed by atoms with Crippen LogP contribution in [0.2, 0.25) is 0 Å². The van der Waals surface area contributed by atoms with Crippen LogP contribution < -0.4 is 4.90 Å². The van der Waals surface area contributed by atoms with Gasteiger partial charge in [0, 0.05) is 62.9 Å². The highest BCUT2D eigenvalue weighted by molar-refractivity contribution is 5.99. The number of ketones is 1. The van der Waals surface area contributed by atoms with E-state index in [1.807, 2.05) is 30.9 Å².